The van der Waals surface area contributed by atoms with Gasteiger partial charge in [0.25, 0.3) is 11.8 Å². The number of ether oxygens (including phenoxy) is 3. The van der Waals surface area contributed by atoms with Crippen LogP contribution in [0.1, 0.15) is 28.0 Å². The number of nitrogens with two attached hydrogens (primary N) is 1. The zero-order valence-electron chi connectivity index (χ0n) is 24.9. The Morgan fingerprint density at radius 2 is 1.89 bits per heavy atom. The lowest BCUT2D eigenvalue weighted by molar-refractivity contribution is -0.123. The van der Waals surface area contributed by atoms with Gasteiger partial charge >= 0.3 is 0 Å². The van der Waals surface area contributed by atoms with Crippen LogP contribution in [0.5, 0.6) is 17.2 Å². The molecule has 12 heteroatoms. The number of nitrogens with one attached hydrogen (secondary N) is 2. The molecule has 2 aliphatic heterocycles. The first-order valence-corrected chi connectivity index (χ1v) is 14.5. The lowest BCUT2D eigenvalue weighted by Crippen LogP contribution is -2.57. The monoisotopic (exact) mass is 612 g/mol. The van der Waals surface area contributed by atoms with E-state index in [0.29, 0.717) is 53.5 Å². The Bertz CT molecular complexity index is 1730. The molecule has 11 nitrogen and oxygen atoms in total. The predicted octanol–water partition coefficient (Wildman–Crippen LogP) is 3.65. The van der Waals surface area contributed by atoms with Crippen LogP contribution in [0.4, 0.5) is 16.2 Å². The second-order valence-corrected chi connectivity index (χ2v) is 11.0. The zero-order valence-corrected chi connectivity index (χ0v) is 24.9. The molecule has 6 rings (SSSR count). The maximum atomic E-state index is 14.7. The Morgan fingerprint density at radius 3 is 2.71 bits per heavy atom. The van der Waals surface area contributed by atoms with Crippen molar-refractivity contribution in [1.29, 1.82) is 0 Å². The molecule has 2 aliphatic rings. The minimum atomic E-state index is -0.515. The molecule has 1 aromatic heterocycles. The van der Waals surface area contributed by atoms with Gasteiger partial charge in [-0.3, -0.25) is 9.59 Å². The molecule has 0 saturated carbocycles. The van der Waals surface area contributed by atoms with E-state index in [1.54, 1.807) is 49.6 Å². The molecule has 2 atom stereocenters. The average molecular weight is 613 g/mol. The summed E-state index contributed by atoms with van der Waals surface area (Å²) in [5.41, 5.74) is 9.00. The van der Waals surface area contributed by atoms with E-state index in [1.807, 2.05) is 24.0 Å². The quantitative estimate of drug-likeness (QED) is 0.309. The largest absolute Gasteiger partial charge is 0.496 e. The molecule has 3 heterocycles. The summed E-state index contributed by atoms with van der Waals surface area (Å²) in [6.07, 6.45) is -0.00584. The fraction of sp³-hybridized carbons (Fsp3) is 0.273. The molecule has 1 saturated heterocycles. The number of carbonyl (C=O) groups excluding carboxylic acids is 2. The number of benzene rings is 3. The molecule has 0 unspecified atom stereocenters. The predicted molar refractivity (Wildman–Crippen MR) is 166 cm³/mol. The maximum Gasteiger partial charge on any atom is 0.258 e. The summed E-state index contributed by atoms with van der Waals surface area (Å²) in [6.45, 7) is 2.58. The van der Waals surface area contributed by atoms with Gasteiger partial charge in [0, 0.05) is 55.0 Å². The lowest BCUT2D eigenvalue weighted by atomic mass is 9.99. The summed E-state index contributed by atoms with van der Waals surface area (Å²) in [7, 11) is 1.56. The van der Waals surface area contributed by atoms with Crippen LogP contribution in [0.15, 0.2) is 66.7 Å². The molecule has 0 radical (unpaired) electrons. The third-order valence-corrected chi connectivity index (χ3v) is 7.73. The maximum absolute atomic E-state index is 14.7. The van der Waals surface area contributed by atoms with Crippen LogP contribution in [0.25, 0.3) is 11.1 Å². The number of methoxy groups -OCH3 is 1. The van der Waals surface area contributed by atoms with Crippen LogP contribution in [-0.2, 0) is 11.3 Å². The molecule has 1 fully saturated rings. The molecular formula is C33H33FN6O5. The molecule has 45 heavy (non-hydrogen) atoms. The Morgan fingerprint density at radius 1 is 1.02 bits per heavy atom. The van der Waals surface area contributed by atoms with E-state index in [0.717, 1.165) is 11.3 Å². The summed E-state index contributed by atoms with van der Waals surface area (Å²) in [5.74, 6) is 0.918. The van der Waals surface area contributed by atoms with Crippen molar-refractivity contribution in [2.75, 3.05) is 37.4 Å². The average Bonchev–Trinajstić information content (AvgIpc) is 3.02. The number of amides is 2. The van der Waals surface area contributed by atoms with Gasteiger partial charge < -0.3 is 35.5 Å². The van der Waals surface area contributed by atoms with Crippen molar-refractivity contribution in [2.24, 2.45) is 0 Å². The molecular weight excluding hydrogens is 579 g/mol. The minimum Gasteiger partial charge on any atom is -0.496 e. The number of aromatic nitrogens is 2. The number of carbonyl (C=O) groups is 2. The van der Waals surface area contributed by atoms with Crippen molar-refractivity contribution < 1.29 is 28.2 Å². The van der Waals surface area contributed by atoms with Crippen LogP contribution < -0.4 is 35.5 Å². The van der Waals surface area contributed by atoms with Crippen molar-refractivity contribution >= 4 is 23.6 Å². The second kappa shape index (κ2) is 12.7. The fourth-order valence-electron chi connectivity index (χ4n) is 5.60. The Balaban J connectivity index is 1.38. The second-order valence-electron chi connectivity index (χ2n) is 11.0. The highest BCUT2D eigenvalue weighted by Gasteiger charge is 2.33. The normalized spacial score (nSPS) is 18.5. The third kappa shape index (κ3) is 6.90. The molecule has 2 amide bonds. The van der Waals surface area contributed by atoms with Crippen LogP contribution in [0.2, 0.25) is 0 Å². The number of anilines is 2. The Kier molecular flexibility index (Phi) is 8.37. The van der Waals surface area contributed by atoms with E-state index >= 15 is 0 Å². The molecule has 0 spiro atoms. The third-order valence-electron chi connectivity index (χ3n) is 7.73. The lowest BCUT2D eigenvalue weighted by Gasteiger charge is -2.39. The van der Waals surface area contributed by atoms with Gasteiger partial charge in [-0.1, -0.05) is 12.1 Å². The van der Waals surface area contributed by atoms with E-state index in [9.17, 15) is 14.0 Å². The van der Waals surface area contributed by atoms with Gasteiger partial charge in [0.15, 0.2) is 6.61 Å². The molecule has 6 bridgehead atoms. The molecule has 3 aromatic carbocycles. The van der Waals surface area contributed by atoms with E-state index in [4.69, 9.17) is 19.9 Å². The SMILES string of the molecule is COc1ccc2cc1-c1cccc(c1)OCC(=O)NCc1cc(F)cc(c1)O[C@@H]1CCN(c3cc(C)nc(N)n3)C[C@H]1NC2=O. The van der Waals surface area contributed by atoms with Crippen molar-refractivity contribution in [2.45, 2.75) is 32.0 Å². The Hall–Kier alpha value is -5.39. The summed E-state index contributed by atoms with van der Waals surface area (Å²) in [6, 6.07) is 18.0. The number of hydrogen-bond acceptors (Lipinski definition) is 9. The number of aryl methyl sites for hydroxylation is 1. The van der Waals surface area contributed by atoms with Gasteiger partial charge in [-0.05, 0) is 60.5 Å². The van der Waals surface area contributed by atoms with Gasteiger partial charge in [-0.2, -0.15) is 4.98 Å². The smallest absolute Gasteiger partial charge is 0.258 e. The molecule has 4 N–H and O–H groups in total. The number of hydrogen-bond donors (Lipinski definition) is 3. The van der Waals surface area contributed by atoms with Crippen LogP contribution >= 0.6 is 0 Å². The number of fused-ring (bicyclic) bond motifs is 8. The first-order valence-electron chi connectivity index (χ1n) is 14.5. The van der Waals surface area contributed by atoms with Crippen LogP contribution in [-0.4, -0.2) is 60.7 Å². The summed E-state index contributed by atoms with van der Waals surface area (Å²) in [4.78, 5) is 37.0. The van der Waals surface area contributed by atoms with Crippen molar-refractivity contribution in [1.82, 2.24) is 20.6 Å². The number of nitrogens with zero attached hydrogens (tertiary/aromatic N) is 3. The zero-order chi connectivity index (χ0) is 31.5. The van der Waals surface area contributed by atoms with E-state index in [2.05, 4.69) is 20.6 Å². The van der Waals surface area contributed by atoms with Gasteiger partial charge in [0.05, 0.1) is 13.2 Å². The number of piperidine rings is 1. The van der Waals surface area contributed by atoms with Crippen LogP contribution in [0.3, 0.4) is 0 Å². The standard InChI is InChI=1S/C33H33FN6O5/c1-19-10-30(39-33(35)37-19)40-9-8-29-27(17-40)38-32(42)22-6-7-28(43-2)26(14-22)21-4-3-5-24(13-21)44-18-31(41)36-16-20-11-23(34)15-25(12-20)45-29/h3-7,10-15,27,29H,8-9,16-18H2,1-2H3,(H,36,41)(H,38,42)(H2,35,37,39)/t27-,29-/m1/s1. The number of rotatable bonds is 2. The molecule has 0 aliphatic carbocycles. The topological polar surface area (TPSA) is 141 Å². The van der Waals surface area contributed by atoms with E-state index in [1.165, 1.54) is 12.1 Å². The van der Waals surface area contributed by atoms with Crippen molar-refractivity contribution in [3.05, 3.63) is 89.4 Å². The van der Waals surface area contributed by atoms with Gasteiger partial charge in [-0.15, -0.1) is 0 Å². The number of nitrogen functional groups attached to an aromatic ring is 1. The van der Waals surface area contributed by atoms with Gasteiger partial charge in [-0.25, -0.2) is 9.37 Å². The highest BCUT2D eigenvalue weighted by Crippen LogP contribution is 2.33. The molecule has 232 valence electrons. The summed E-state index contributed by atoms with van der Waals surface area (Å²) >= 11 is 0. The fourth-order valence-corrected chi connectivity index (χ4v) is 5.60. The molecule has 4 aromatic rings. The van der Waals surface area contributed by atoms with Crippen molar-refractivity contribution in [3.63, 3.8) is 0 Å². The van der Waals surface area contributed by atoms with E-state index in [-0.39, 0.29) is 36.7 Å². The summed E-state index contributed by atoms with van der Waals surface area (Å²) in [5, 5.41) is 5.91. The summed E-state index contributed by atoms with van der Waals surface area (Å²) < 4.78 is 32.4. The first kappa shape index (κ1) is 29.7. The highest BCUT2D eigenvalue weighted by molar-refractivity contribution is 5.96. The minimum absolute atomic E-state index is 0.0759. The van der Waals surface area contributed by atoms with E-state index < -0.39 is 18.0 Å². The van der Waals surface area contributed by atoms with Gasteiger partial charge in [0.2, 0.25) is 5.95 Å². The Labute approximate surface area is 259 Å². The first-order chi connectivity index (χ1) is 21.7. The van der Waals surface area contributed by atoms with Gasteiger partial charge in [0.1, 0.15) is 35.0 Å². The highest BCUT2D eigenvalue weighted by atomic mass is 19.1. The van der Waals surface area contributed by atoms with Crippen LogP contribution in [0, 0.1) is 12.7 Å². The number of halogens is 1. The van der Waals surface area contributed by atoms with Crippen molar-refractivity contribution in [3.8, 4) is 28.4 Å².